The Balaban J connectivity index is -0.000000180. The summed E-state index contributed by atoms with van der Waals surface area (Å²) in [6.07, 6.45) is 0. The van der Waals surface area contributed by atoms with Crippen LogP contribution in [0.3, 0.4) is 0 Å². The van der Waals surface area contributed by atoms with Crippen LogP contribution in [0.4, 0.5) is 0 Å². The maximum Gasteiger partial charge on any atom is -0.0360 e. The minimum absolute atomic E-state index is 0. The molecule has 0 saturated carbocycles. The van der Waals surface area contributed by atoms with Crippen LogP contribution >= 0.6 is 0 Å². The standard InChI is InChI=1S/C7H16.2H3N/c1-6(2)7(3,4)5;;/h6H,1-5H3;2*1H3. The molecule has 0 saturated heterocycles. The summed E-state index contributed by atoms with van der Waals surface area (Å²) in [6.45, 7) is 11.3. The highest BCUT2D eigenvalue weighted by molar-refractivity contribution is 4.64. The van der Waals surface area contributed by atoms with E-state index in [1.165, 1.54) is 0 Å². The van der Waals surface area contributed by atoms with Gasteiger partial charge in [0.2, 0.25) is 0 Å². The normalized spacial score (nSPS) is 10.0. The van der Waals surface area contributed by atoms with Crippen LogP contribution in [-0.2, 0) is 0 Å². The summed E-state index contributed by atoms with van der Waals surface area (Å²) in [7, 11) is 0. The summed E-state index contributed by atoms with van der Waals surface area (Å²) in [6, 6.07) is 0. The van der Waals surface area contributed by atoms with Crippen molar-refractivity contribution in [1.29, 1.82) is 0 Å². The van der Waals surface area contributed by atoms with Gasteiger partial charge in [-0.1, -0.05) is 34.6 Å². The lowest BCUT2D eigenvalue weighted by atomic mass is 9.84. The van der Waals surface area contributed by atoms with Gasteiger partial charge in [0.25, 0.3) is 0 Å². The molecule has 0 aliphatic rings. The second-order valence-corrected chi connectivity index (χ2v) is 3.52. The molecule has 0 spiro atoms. The van der Waals surface area contributed by atoms with Crippen LogP contribution in [0.15, 0.2) is 0 Å². The third kappa shape index (κ3) is 7.92. The fraction of sp³-hybridized carbons (Fsp3) is 1.00. The van der Waals surface area contributed by atoms with E-state index in [0.717, 1.165) is 5.92 Å². The lowest BCUT2D eigenvalue weighted by Gasteiger charge is -2.22. The first-order valence-corrected chi connectivity index (χ1v) is 2.94. The van der Waals surface area contributed by atoms with Crippen LogP contribution in [0.2, 0.25) is 0 Å². The Bertz CT molecular complexity index is 52.4. The molecule has 60 valence electrons. The maximum atomic E-state index is 2.26. The van der Waals surface area contributed by atoms with E-state index in [1.807, 2.05) is 0 Å². The van der Waals surface area contributed by atoms with E-state index in [4.69, 9.17) is 0 Å². The minimum Gasteiger partial charge on any atom is -0.344 e. The first kappa shape index (κ1) is 16.0. The Morgan fingerprint density at radius 3 is 1.00 bits per heavy atom. The first-order chi connectivity index (χ1) is 2.94. The van der Waals surface area contributed by atoms with Crippen molar-refractivity contribution in [2.24, 2.45) is 11.3 Å². The van der Waals surface area contributed by atoms with Crippen LogP contribution in [0.1, 0.15) is 34.6 Å². The van der Waals surface area contributed by atoms with Gasteiger partial charge in [-0.15, -0.1) is 0 Å². The molecule has 0 aliphatic heterocycles. The van der Waals surface area contributed by atoms with Crippen molar-refractivity contribution in [3.05, 3.63) is 0 Å². The Hall–Kier alpha value is -0.0800. The highest BCUT2D eigenvalue weighted by Crippen LogP contribution is 2.23. The smallest absolute Gasteiger partial charge is 0.0360 e. The van der Waals surface area contributed by atoms with Crippen molar-refractivity contribution >= 4 is 0 Å². The summed E-state index contributed by atoms with van der Waals surface area (Å²) in [4.78, 5) is 0. The molecule has 0 aromatic heterocycles. The van der Waals surface area contributed by atoms with Crippen molar-refractivity contribution in [2.45, 2.75) is 34.6 Å². The van der Waals surface area contributed by atoms with E-state index in [2.05, 4.69) is 34.6 Å². The molecule has 0 atom stereocenters. The zero-order valence-electron chi connectivity index (χ0n) is 7.49. The lowest BCUT2D eigenvalue weighted by Crippen LogP contribution is -2.12. The predicted octanol–water partition coefficient (Wildman–Crippen LogP) is 3.01. The third-order valence-electron chi connectivity index (χ3n) is 1.73. The van der Waals surface area contributed by atoms with E-state index in [-0.39, 0.29) is 12.3 Å². The Morgan fingerprint density at radius 2 is 1.00 bits per heavy atom. The summed E-state index contributed by atoms with van der Waals surface area (Å²) in [5, 5.41) is 0. The van der Waals surface area contributed by atoms with Crippen LogP contribution in [0.25, 0.3) is 0 Å². The zero-order valence-corrected chi connectivity index (χ0v) is 7.49. The van der Waals surface area contributed by atoms with Gasteiger partial charge in [0.1, 0.15) is 0 Å². The van der Waals surface area contributed by atoms with Crippen molar-refractivity contribution in [1.82, 2.24) is 12.3 Å². The minimum atomic E-state index is 0. The van der Waals surface area contributed by atoms with Gasteiger partial charge in [-0.3, -0.25) is 0 Å². The number of rotatable bonds is 0. The van der Waals surface area contributed by atoms with Crippen molar-refractivity contribution in [3.8, 4) is 0 Å². The zero-order chi connectivity index (χ0) is 6.08. The van der Waals surface area contributed by atoms with Gasteiger partial charge in [0.05, 0.1) is 0 Å². The number of hydrogen-bond donors (Lipinski definition) is 2. The molecular formula is C7H22N2. The molecule has 0 fully saturated rings. The van der Waals surface area contributed by atoms with Crippen LogP contribution in [0, 0.1) is 11.3 Å². The quantitative estimate of drug-likeness (QED) is 0.534. The Morgan fingerprint density at radius 1 is 0.889 bits per heavy atom. The summed E-state index contributed by atoms with van der Waals surface area (Å²) in [5.74, 6) is 0.799. The Labute approximate surface area is 59.2 Å². The monoisotopic (exact) mass is 134 g/mol. The average Bonchev–Trinajstić information content (AvgIpc) is 1.31. The molecule has 0 rings (SSSR count). The van der Waals surface area contributed by atoms with Crippen molar-refractivity contribution in [3.63, 3.8) is 0 Å². The largest absolute Gasteiger partial charge is 0.344 e. The van der Waals surface area contributed by atoms with Crippen molar-refractivity contribution < 1.29 is 0 Å². The molecule has 0 heterocycles. The van der Waals surface area contributed by atoms with Crippen molar-refractivity contribution in [2.75, 3.05) is 0 Å². The molecule has 2 nitrogen and oxygen atoms in total. The van der Waals surface area contributed by atoms with E-state index >= 15 is 0 Å². The van der Waals surface area contributed by atoms with Gasteiger partial charge in [0, 0.05) is 0 Å². The molecule has 0 amide bonds. The Kier molecular flexibility index (Phi) is 8.46. The average molecular weight is 134 g/mol. The van der Waals surface area contributed by atoms with Crippen LogP contribution in [0.5, 0.6) is 0 Å². The molecule has 0 aromatic rings. The van der Waals surface area contributed by atoms with Gasteiger partial charge in [-0.05, 0) is 11.3 Å². The third-order valence-corrected chi connectivity index (χ3v) is 1.73. The van der Waals surface area contributed by atoms with E-state index in [1.54, 1.807) is 0 Å². The SMILES string of the molecule is CC(C)C(C)(C)C.N.N. The second kappa shape index (κ2) is 4.77. The molecule has 0 aromatic carbocycles. The molecule has 0 unspecified atom stereocenters. The molecule has 2 heteroatoms. The summed E-state index contributed by atoms with van der Waals surface area (Å²) < 4.78 is 0. The highest BCUT2D eigenvalue weighted by atomic mass is 14.2. The summed E-state index contributed by atoms with van der Waals surface area (Å²) in [5.41, 5.74) is 0.500. The van der Waals surface area contributed by atoms with Gasteiger partial charge < -0.3 is 12.3 Å². The van der Waals surface area contributed by atoms with E-state index < -0.39 is 0 Å². The predicted molar refractivity (Wildman–Crippen MR) is 44.3 cm³/mol. The molecular weight excluding hydrogens is 112 g/mol. The van der Waals surface area contributed by atoms with Crippen LogP contribution < -0.4 is 12.3 Å². The summed E-state index contributed by atoms with van der Waals surface area (Å²) >= 11 is 0. The molecule has 0 bridgehead atoms. The number of hydrogen-bond acceptors (Lipinski definition) is 2. The van der Waals surface area contributed by atoms with E-state index in [9.17, 15) is 0 Å². The van der Waals surface area contributed by atoms with Gasteiger partial charge in [0.15, 0.2) is 0 Å². The lowest BCUT2D eigenvalue weighted by molar-refractivity contribution is 0.283. The fourth-order valence-electron chi connectivity index (χ4n) is 0. The van der Waals surface area contributed by atoms with Gasteiger partial charge in [-0.25, -0.2) is 0 Å². The highest BCUT2D eigenvalue weighted by Gasteiger charge is 2.13. The molecule has 9 heavy (non-hydrogen) atoms. The van der Waals surface area contributed by atoms with Crippen LogP contribution in [-0.4, -0.2) is 0 Å². The van der Waals surface area contributed by atoms with Gasteiger partial charge >= 0.3 is 0 Å². The van der Waals surface area contributed by atoms with E-state index in [0.29, 0.717) is 5.41 Å². The molecule has 6 N–H and O–H groups in total. The second-order valence-electron chi connectivity index (χ2n) is 3.52. The topological polar surface area (TPSA) is 70.0 Å². The molecule has 0 aliphatic carbocycles. The molecule has 0 radical (unpaired) electrons. The maximum absolute atomic E-state index is 2.26. The fourth-order valence-corrected chi connectivity index (χ4v) is 0. The first-order valence-electron chi connectivity index (χ1n) is 2.94. The van der Waals surface area contributed by atoms with Gasteiger partial charge in [-0.2, -0.15) is 0 Å².